The molecule has 4 aromatic carbocycles. The van der Waals surface area contributed by atoms with Crippen molar-refractivity contribution in [2.24, 2.45) is 4.99 Å². The summed E-state index contributed by atoms with van der Waals surface area (Å²) in [6.07, 6.45) is -0.945. The third kappa shape index (κ3) is 5.85. The predicted molar refractivity (Wildman–Crippen MR) is 157 cm³/mol. The minimum Gasteiger partial charge on any atom is -0.489 e. The molecule has 0 fully saturated rings. The summed E-state index contributed by atoms with van der Waals surface area (Å²) in [5.74, 6) is 0.451. The second-order valence-corrected chi connectivity index (χ2v) is 9.55. The van der Waals surface area contributed by atoms with Crippen LogP contribution in [-0.2, 0) is 11.4 Å². The van der Waals surface area contributed by atoms with Gasteiger partial charge in [0.2, 0.25) is 6.17 Å². The maximum absolute atomic E-state index is 13.4. The fourth-order valence-electron chi connectivity index (χ4n) is 4.16. The number of nitrogens with zero attached hydrogens (tertiary/aromatic N) is 2. The zero-order valence-corrected chi connectivity index (χ0v) is 22.2. The van der Waals surface area contributed by atoms with E-state index in [0.717, 1.165) is 22.4 Å². The molecule has 0 saturated carbocycles. The SMILES string of the molecule is CN1C(=O)C(NC(=S)Nc2cccc(OCc3ccccc3)c2)N=C(c2ccccc2)c2cc(Cl)ccc21. The monoisotopic (exact) mass is 540 g/mol. The van der Waals surface area contributed by atoms with Gasteiger partial charge in [-0.25, -0.2) is 4.99 Å². The Kier molecular flexibility index (Phi) is 7.67. The predicted octanol–water partition coefficient (Wildman–Crippen LogP) is 6.05. The highest BCUT2D eigenvalue weighted by Crippen LogP contribution is 2.30. The number of anilines is 2. The van der Waals surface area contributed by atoms with Crippen LogP contribution >= 0.6 is 23.8 Å². The van der Waals surface area contributed by atoms with Crippen molar-refractivity contribution in [2.75, 3.05) is 17.3 Å². The first-order valence-electron chi connectivity index (χ1n) is 12.0. The summed E-state index contributed by atoms with van der Waals surface area (Å²) in [7, 11) is 1.72. The molecule has 1 unspecified atom stereocenters. The molecule has 0 aliphatic carbocycles. The number of likely N-dealkylation sites (N-methyl/N-ethyl adjacent to an activating group) is 1. The van der Waals surface area contributed by atoms with E-state index in [-0.39, 0.29) is 11.0 Å². The third-order valence-electron chi connectivity index (χ3n) is 6.05. The molecule has 0 saturated heterocycles. The van der Waals surface area contributed by atoms with Gasteiger partial charge in [-0.2, -0.15) is 0 Å². The minimum atomic E-state index is -0.945. The van der Waals surface area contributed by atoms with Crippen LogP contribution in [0.4, 0.5) is 11.4 Å². The van der Waals surface area contributed by atoms with Crippen LogP contribution in [0.25, 0.3) is 0 Å². The lowest BCUT2D eigenvalue weighted by molar-refractivity contribution is -0.119. The first-order chi connectivity index (χ1) is 18.5. The normalized spacial score (nSPS) is 14.7. The Morgan fingerprint density at radius 2 is 1.71 bits per heavy atom. The molecule has 5 rings (SSSR count). The topological polar surface area (TPSA) is 66.0 Å². The van der Waals surface area contributed by atoms with Crippen LogP contribution < -0.4 is 20.3 Å². The van der Waals surface area contributed by atoms with Crippen LogP contribution in [0, 0.1) is 0 Å². The first kappa shape index (κ1) is 25.4. The zero-order chi connectivity index (χ0) is 26.5. The number of hydrogen-bond acceptors (Lipinski definition) is 4. The van der Waals surface area contributed by atoms with Gasteiger partial charge >= 0.3 is 0 Å². The largest absolute Gasteiger partial charge is 0.489 e. The van der Waals surface area contributed by atoms with Crippen LogP contribution in [0.2, 0.25) is 5.02 Å². The fraction of sp³-hybridized carbons (Fsp3) is 0.100. The lowest BCUT2D eigenvalue weighted by Gasteiger charge is -2.22. The number of ether oxygens (including phenoxy) is 1. The van der Waals surface area contributed by atoms with Crippen LogP contribution in [0.1, 0.15) is 16.7 Å². The molecule has 38 heavy (non-hydrogen) atoms. The van der Waals surface area contributed by atoms with E-state index in [1.165, 1.54) is 0 Å². The van der Waals surface area contributed by atoms with Crippen molar-refractivity contribution in [1.29, 1.82) is 0 Å². The molecular weight excluding hydrogens is 516 g/mol. The third-order valence-corrected chi connectivity index (χ3v) is 6.51. The van der Waals surface area contributed by atoms with E-state index >= 15 is 0 Å². The summed E-state index contributed by atoms with van der Waals surface area (Å²) in [5.41, 5.74) is 4.81. The van der Waals surface area contributed by atoms with Crippen molar-refractivity contribution in [2.45, 2.75) is 12.8 Å². The Bertz CT molecular complexity index is 1490. The number of halogens is 1. The van der Waals surface area contributed by atoms with Crippen LogP contribution in [0.3, 0.4) is 0 Å². The van der Waals surface area contributed by atoms with Gasteiger partial charge in [0, 0.05) is 35.0 Å². The van der Waals surface area contributed by atoms with Crippen molar-refractivity contribution < 1.29 is 9.53 Å². The van der Waals surface area contributed by atoms with Crippen LogP contribution in [0.5, 0.6) is 5.75 Å². The second kappa shape index (κ2) is 11.5. The summed E-state index contributed by atoms with van der Waals surface area (Å²) in [6.45, 7) is 0.456. The number of nitrogens with one attached hydrogen (secondary N) is 2. The molecule has 0 bridgehead atoms. The highest BCUT2D eigenvalue weighted by Gasteiger charge is 2.30. The molecule has 1 aliphatic heterocycles. The van der Waals surface area contributed by atoms with E-state index in [9.17, 15) is 4.79 Å². The van der Waals surface area contributed by atoms with Gasteiger partial charge in [-0.05, 0) is 48.1 Å². The zero-order valence-electron chi connectivity index (χ0n) is 20.6. The number of benzodiazepines with no additional fused rings is 1. The smallest absolute Gasteiger partial charge is 0.272 e. The highest BCUT2D eigenvalue weighted by atomic mass is 35.5. The molecule has 1 amide bonds. The fourth-order valence-corrected chi connectivity index (χ4v) is 4.56. The van der Waals surface area contributed by atoms with Crippen molar-refractivity contribution in [3.05, 3.63) is 125 Å². The number of carbonyl (C=O) groups is 1. The molecule has 0 radical (unpaired) electrons. The molecule has 190 valence electrons. The van der Waals surface area contributed by atoms with Crippen molar-refractivity contribution >= 4 is 51.9 Å². The molecule has 4 aromatic rings. The lowest BCUT2D eigenvalue weighted by atomic mass is 10.0. The van der Waals surface area contributed by atoms with Gasteiger partial charge < -0.3 is 20.3 Å². The number of benzene rings is 4. The average Bonchev–Trinajstić information content (AvgIpc) is 3.03. The molecule has 1 atom stereocenters. The molecule has 0 aromatic heterocycles. The number of rotatable bonds is 6. The molecule has 1 aliphatic rings. The quantitative estimate of drug-likeness (QED) is 0.292. The molecule has 1 heterocycles. The highest BCUT2D eigenvalue weighted by molar-refractivity contribution is 7.80. The molecule has 8 heteroatoms. The van der Waals surface area contributed by atoms with Gasteiger partial charge in [-0.1, -0.05) is 78.3 Å². The summed E-state index contributed by atoms with van der Waals surface area (Å²) >= 11 is 11.9. The Balaban J connectivity index is 1.36. The number of hydrogen-bond donors (Lipinski definition) is 2. The van der Waals surface area contributed by atoms with Crippen molar-refractivity contribution in [3.63, 3.8) is 0 Å². The Hall–Kier alpha value is -4.20. The standard InChI is InChI=1S/C30H25ClN4O2S/c1-35-26-16-15-22(31)17-25(26)27(21-11-6-3-7-12-21)33-28(29(35)36)34-30(38)32-23-13-8-14-24(18-23)37-19-20-9-4-2-5-10-20/h2-18,28H,19H2,1H3,(H2,32,34,38). The van der Waals surface area contributed by atoms with Gasteiger partial charge in [0.25, 0.3) is 5.91 Å². The van der Waals surface area contributed by atoms with E-state index in [1.807, 2.05) is 97.1 Å². The average molecular weight is 541 g/mol. The summed E-state index contributed by atoms with van der Waals surface area (Å²) < 4.78 is 5.92. The number of aliphatic imine (C=N–C) groups is 1. The summed E-state index contributed by atoms with van der Waals surface area (Å²) in [4.78, 5) is 19.8. The number of thiocarbonyl (C=S) groups is 1. The van der Waals surface area contributed by atoms with Crippen molar-refractivity contribution in [3.8, 4) is 5.75 Å². The Morgan fingerprint density at radius 3 is 2.47 bits per heavy atom. The molecule has 6 nitrogen and oxygen atoms in total. The Labute approximate surface area is 231 Å². The van der Waals surface area contributed by atoms with Gasteiger partial charge in [-0.3, -0.25) is 4.79 Å². The molecule has 2 N–H and O–H groups in total. The van der Waals surface area contributed by atoms with Gasteiger partial charge in [0.1, 0.15) is 12.4 Å². The second-order valence-electron chi connectivity index (χ2n) is 8.71. The number of carbonyl (C=O) groups excluding carboxylic acids is 1. The van der Waals surface area contributed by atoms with E-state index in [0.29, 0.717) is 28.8 Å². The van der Waals surface area contributed by atoms with E-state index in [1.54, 1.807) is 18.0 Å². The van der Waals surface area contributed by atoms with Crippen LogP contribution in [0.15, 0.2) is 108 Å². The molecule has 0 spiro atoms. The van der Waals surface area contributed by atoms with Crippen LogP contribution in [-0.4, -0.2) is 29.9 Å². The summed E-state index contributed by atoms with van der Waals surface area (Å²) in [5, 5.41) is 7.05. The lowest BCUT2D eigenvalue weighted by Crippen LogP contribution is -2.47. The van der Waals surface area contributed by atoms with Gasteiger partial charge in [0.05, 0.1) is 11.4 Å². The van der Waals surface area contributed by atoms with E-state index < -0.39 is 6.17 Å². The summed E-state index contributed by atoms with van der Waals surface area (Å²) in [6, 6.07) is 32.6. The van der Waals surface area contributed by atoms with Gasteiger partial charge in [-0.15, -0.1) is 0 Å². The molecular formula is C30H25ClN4O2S. The maximum Gasteiger partial charge on any atom is 0.272 e. The maximum atomic E-state index is 13.4. The van der Waals surface area contributed by atoms with Crippen molar-refractivity contribution in [1.82, 2.24) is 5.32 Å². The number of amides is 1. The first-order valence-corrected chi connectivity index (χ1v) is 12.8. The minimum absolute atomic E-state index is 0.247. The van der Waals surface area contributed by atoms with E-state index in [4.69, 9.17) is 33.5 Å². The Morgan fingerprint density at radius 1 is 0.974 bits per heavy atom. The van der Waals surface area contributed by atoms with Gasteiger partial charge in [0.15, 0.2) is 5.11 Å². The van der Waals surface area contributed by atoms with E-state index in [2.05, 4.69) is 10.6 Å². The number of fused-ring (bicyclic) bond motifs is 1.